The third-order valence-electron chi connectivity index (χ3n) is 5.47. The molecule has 1 amide bonds. The summed E-state index contributed by atoms with van der Waals surface area (Å²) in [4.78, 5) is 21.0. The van der Waals surface area contributed by atoms with E-state index in [1.165, 1.54) is 0 Å². The molecule has 0 aliphatic heterocycles. The number of imidazole rings is 1. The maximum absolute atomic E-state index is 12.4. The average molecular weight is 390 g/mol. The van der Waals surface area contributed by atoms with Crippen molar-refractivity contribution in [2.24, 2.45) is 5.92 Å². The first-order valence-corrected chi connectivity index (χ1v) is 10.0. The van der Waals surface area contributed by atoms with E-state index in [9.17, 15) is 9.90 Å². The second-order valence-corrected chi connectivity index (χ2v) is 7.90. The van der Waals surface area contributed by atoms with E-state index >= 15 is 0 Å². The fourth-order valence-corrected chi connectivity index (χ4v) is 4.16. The van der Waals surface area contributed by atoms with Crippen molar-refractivity contribution in [3.63, 3.8) is 0 Å². The van der Waals surface area contributed by atoms with Gasteiger partial charge in [0.2, 0.25) is 5.91 Å². The first-order valence-electron chi connectivity index (χ1n) is 10.0. The lowest BCUT2D eigenvalue weighted by atomic mass is 10.1. The Bertz CT molecular complexity index is 970. The lowest BCUT2D eigenvalue weighted by Crippen LogP contribution is -2.40. The molecule has 150 valence electrons. The standard InChI is InChI=1S/C23H26N4O2/c1-16-9-17(14-24-13-16)12-22(29)26-20-10-18(11-21(20)28)15-27-8-7-25-23(27)19-5-3-2-4-6-19/h2-9,13-14,18,20-21,28H,10-12,15H2,1H3,(H,26,29)/t18?,20-,21-/m1/s1. The smallest absolute Gasteiger partial charge is 0.224 e. The Morgan fingerprint density at radius 2 is 2.07 bits per heavy atom. The quantitative estimate of drug-likeness (QED) is 0.678. The Morgan fingerprint density at radius 1 is 1.24 bits per heavy atom. The molecule has 3 aromatic rings. The molecule has 2 N–H and O–H groups in total. The Morgan fingerprint density at radius 3 is 2.86 bits per heavy atom. The molecule has 1 aromatic carbocycles. The van der Waals surface area contributed by atoms with Crippen molar-refractivity contribution >= 4 is 5.91 Å². The molecule has 0 spiro atoms. The van der Waals surface area contributed by atoms with Gasteiger partial charge in [0.1, 0.15) is 5.82 Å². The molecule has 6 heteroatoms. The molecule has 1 saturated carbocycles. The van der Waals surface area contributed by atoms with Gasteiger partial charge in [0.25, 0.3) is 0 Å². The average Bonchev–Trinajstić information content (AvgIpc) is 3.29. The summed E-state index contributed by atoms with van der Waals surface area (Å²) in [5.41, 5.74) is 3.00. The first-order chi connectivity index (χ1) is 14.1. The van der Waals surface area contributed by atoms with Gasteiger partial charge in [-0.15, -0.1) is 0 Å². The van der Waals surface area contributed by atoms with Crippen LogP contribution in [0.2, 0.25) is 0 Å². The fourth-order valence-electron chi connectivity index (χ4n) is 4.16. The van der Waals surface area contributed by atoms with Gasteiger partial charge in [0.05, 0.1) is 18.6 Å². The number of amides is 1. The molecule has 1 aliphatic rings. The van der Waals surface area contributed by atoms with Crippen LogP contribution in [0, 0.1) is 12.8 Å². The molecule has 6 nitrogen and oxygen atoms in total. The number of nitrogens with one attached hydrogen (secondary N) is 1. The highest BCUT2D eigenvalue weighted by atomic mass is 16.3. The van der Waals surface area contributed by atoms with E-state index in [0.29, 0.717) is 6.42 Å². The summed E-state index contributed by atoms with van der Waals surface area (Å²) < 4.78 is 2.13. The molecular weight excluding hydrogens is 364 g/mol. The lowest BCUT2D eigenvalue weighted by molar-refractivity contribution is -0.121. The van der Waals surface area contributed by atoms with E-state index in [1.54, 1.807) is 12.4 Å². The van der Waals surface area contributed by atoms with E-state index in [4.69, 9.17) is 0 Å². The Balaban J connectivity index is 1.36. The SMILES string of the molecule is Cc1cncc(CC(=O)N[C@@H]2CC(Cn3ccnc3-c3ccccc3)C[C@H]2O)c1. The number of carbonyl (C=O) groups is 1. The Kier molecular flexibility index (Phi) is 5.71. The second kappa shape index (κ2) is 8.57. The molecule has 2 aromatic heterocycles. The van der Waals surface area contributed by atoms with Crippen LogP contribution in [0.25, 0.3) is 11.4 Å². The molecule has 2 heterocycles. The number of nitrogens with zero attached hydrogens (tertiary/aromatic N) is 3. The minimum atomic E-state index is -0.525. The Hall–Kier alpha value is -2.99. The number of aryl methyl sites for hydroxylation is 1. The molecule has 0 radical (unpaired) electrons. The van der Waals surface area contributed by atoms with Crippen LogP contribution in [-0.4, -0.2) is 37.7 Å². The van der Waals surface area contributed by atoms with Crippen LogP contribution in [0.15, 0.2) is 61.2 Å². The van der Waals surface area contributed by atoms with Gasteiger partial charge in [0.15, 0.2) is 0 Å². The Labute approximate surface area is 170 Å². The first kappa shape index (κ1) is 19.3. The highest BCUT2D eigenvalue weighted by molar-refractivity contribution is 5.78. The van der Waals surface area contributed by atoms with Gasteiger partial charge < -0.3 is 15.0 Å². The maximum Gasteiger partial charge on any atom is 0.224 e. The summed E-state index contributed by atoms with van der Waals surface area (Å²) in [6, 6.07) is 11.8. The van der Waals surface area contributed by atoms with Crippen molar-refractivity contribution in [1.29, 1.82) is 0 Å². The normalized spacial score (nSPS) is 21.2. The zero-order chi connectivity index (χ0) is 20.2. The van der Waals surface area contributed by atoms with Crippen molar-refractivity contribution < 1.29 is 9.90 Å². The highest BCUT2D eigenvalue weighted by Crippen LogP contribution is 2.29. The number of hydrogen-bond acceptors (Lipinski definition) is 4. The van der Waals surface area contributed by atoms with Crippen molar-refractivity contribution in [1.82, 2.24) is 19.9 Å². The van der Waals surface area contributed by atoms with Gasteiger partial charge in [-0.2, -0.15) is 0 Å². The van der Waals surface area contributed by atoms with Crippen molar-refractivity contribution in [3.05, 3.63) is 72.3 Å². The van der Waals surface area contributed by atoms with Crippen LogP contribution in [-0.2, 0) is 17.8 Å². The van der Waals surface area contributed by atoms with Crippen molar-refractivity contribution in [2.45, 2.75) is 44.9 Å². The van der Waals surface area contributed by atoms with Crippen LogP contribution in [0.3, 0.4) is 0 Å². The molecule has 4 rings (SSSR count). The van der Waals surface area contributed by atoms with Crippen molar-refractivity contribution in [2.75, 3.05) is 0 Å². The van der Waals surface area contributed by atoms with Crippen LogP contribution in [0.4, 0.5) is 0 Å². The minimum absolute atomic E-state index is 0.0743. The summed E-state index contributed by atoms with van der Waals surface area (Å²) in [6.45, 7) is 2.73. The third kappa shape index (κ3) is 4.71. The number of pyridine rings is 1. The number of aliphatic hydroxyl groups is 1. The lowest BCUT2D eigenvalue weighted by Gasteiger charge is -2.17. The van der Waals surface area contributed by atoms with Gasteiger partial charge in [-0.05, 0) is 36.8 Å². The van der Waals surface area contributed by atoms with Crippen LogP contribution in [0.5, 0.6) is 0 Å². The monoisotopic (exact) mass is 390 g/mol. The second-order valence-electron chi connectivity index (χ2n) is 7.90. The summed E-state index contributed by atoms with van der Waals surface area (Å²) in [5.74, 6) is 1.14. The fraction of sp³-hybridized carbons (Fsp3) is 0.348. The topological polar surface area (TPSA) is 80.0 Å². The largest absolute Gasteiger partial charge is 0.391 e. The van der Waals surface area contributed by atoms with Crippen LogP contribution in [0.1, 0.15) is 24.0 Å². The summed E-state index contributed by atoms with van der Waals surface area (Å²) in [6.07, 6.45) is 8.45. The number of carbonyl (C=O) groups excluding carboxylic acids is 1. The predicted molar refractivity (Wildman–Crippen MR) is 111 cm³/mol. The van der Waals surface area contributed by atoms with E-state index in [2.05, 4.69) is 19.9 Å². The summed E-state index contributed by atoms with van der Waals surface area (Å²) >= 11 is 0. The molecule has 3 atom stereocenters. The van der Waals surface area contributed by atoms with Gasteiger partial charge in [-0.25, -0.2) is 4.98 Å². The van der Waals surface area contributed by atoms with Crippen molar-refractivity contribution in [3.8, 4) is 11.4 Å². The number of rotatable bonds is 6. The van der Waals surface area contributed by atoms with Gasteiger partial charge in [-0.3, -0.25) is 9.78 Å². The maximum atomic E-state index is 12.4. The highest BCUT2D eigenvalue weighted by Gasteiger charge is 2.34. The van der Waals surface area contributed by atoms with Gasteiger partial charge in [-0.1, -0.05) is 36.4 Å². The number of aromatic nitrogens is 3. The number of benzene rings is 1. The molecule has 0 bridgehead atoms. The molecular formula is C23H26N4O2. The summed E-state index contributed by atoms with van der Waals surface area (Å²) in [5, 5.41) is 13.5. The van der Waals surface area contributed by atoms with Crippen LogP contribution >= 0.6 is 0 Å². The van der Waals surface area contributed by atoms with Gasteiger partial charge >= 0.3 is 0 Å². The number of aliphatic hydroxyl groups excluding tert-OH is 1. The molecule has 1 fully saturated rings. The predicted octanol–water partition coefficient (Wildman–Crippen LogP) is 2.75. The third-order valence-corrected chi connectivity index (χ3v) is 5.47. The van der Waals surface area contributed by atoms with E-state index in [-0.39, 0.29) is 24.3 Å². The van der Waals surface area contributed by atoms with E-state index in [1.807, 2.05) is 55.7 Å². The molecule has 0 saturated heterocycles. The van der Waals surface area contributed by atoms with Gasteiger partial charge in [0, 0.05) is 36.9 Å². The zero-order valence-corrected chi connectivity index (χ0v) is 16.5. The molecule has 29 heavy (non-hydrogen) atoms. The number of hydrogen-bond donors (Lipinski definition) is 2. The minimum Gasteiger partial charge on any atom is -0.391 e. The summed E-state index contributed by atoms with van der Waals surface area (Å²) in [7, 11) is 0. The zero-order valence-electron chi connectivity index (χ0n) is 16.5. The van der Waals surface area contributed by atoms with E-state index in [0.717, 1.165) is 35.5 Å². The van der Waals surface area contributed by atoms with E-state index < -0.39 is 6.10 Å². The van der Waals surface area contributed by atoms with Crippen LogP contribution < -0.4 is 5.32 Å². The molecule has 1 aliphatic carbocycles. The molecule has 1 unspecified atom stereocenters.